The summed E-state index contributed by atoms with van der Waals surface area (Å²) in [6.45, 7) is 17.3. The highest BCUT2D eigenvalue weighted by Crippen LogP contribution is 2.34. The first-order valence-electron chi connectivity index (χ1n) is 7.91. The Labute approximate surface area is 126 Å². The van der Waals surface area contributed by atoms with Gasteiger partial charge in [-0.2, -0.15) is 0 Å². The third kappa shape index (κ3) is 5.64. The second-order valence-electron chi connectivity index (χ2n) is 5.15. The summed E-state index contributed by atoms with van der Waals surface area (Å²) < 4.78 is 18.1. The lowest BCUT2D eigenvalue weighted by Gasteiger charge is -2.37. The average Bonchev–Trinajstić information content (AvgIpc) is 2.37. The van der Waals surface area contributed by atoms with Gasteiger partial charge in [0.25, 0.3) is 0 Å². The lowest BCUT2D eigenvalue weighted by atomic mass is 10.1. The molecule has 5 heteroatoms. The molecule has 0 aliphatic heterocycles. The van der Waals surface area contributed by atoms with E-state index in [0.717, 1.165) is 18.7 Å². The van der Waals surface area contributed by atoms with E-state index in [2.05, 4.69) is 32.7 Å². The minimum absolute atomic E-state index is 0.133. The Morgan fingerprint density at radius 2 is 1.40 bits per heavy atom. The minimum atomic E-state index is -2.73. The molecule has 4 nitrogen and oxygen atoms in total. The monoisotopic (exact) mass is 303 g/mol. The van der Waals surface area contributed by atoms with E-state index < -0.39 is 8.80 Å². The predicted molar refractivity (Wildman–Crippen MR) is 87.5 cm³/mol. The second kappa shape index (κ2) is 10.5. The molecule has 1 unspecified atom stereocenters. The number of rotatable bonds is 11. The Morgan fingerprint density at radius 3 is 1.70 bits per heavy atom. The van der Waals surface area contributed by atoms with Crippen molar-refractivity contribution in [1.29, 1.82) is 0 Å². The van der Waals surface area contributed by atoms with Gasteiger partial charge in [0.2, 0.25) is 0 Å². The summed E-state index contributed by atoms with van der Waals surface area (Å²) in [7, 11) is -2.73. The van der Waals surface area contributed by atoms with Crippen molar-refractivity contribution in [2.24, 2.45) is 10.9 Å². The Morgan fingerprint density at radius 1 is 0.950 bits per heavy atom. The van der Waals surface area contributed by atoms with Gasteiger partial charge in [0, 0.05) is 32.1 Å². The van der Waals surface area contributed by atoms with Crippen molar-refractivity contribution < 1.29 is 13.3 Å². The molecule has 0 saturated heterocycles. The van der Waals surface area contributed by atoms with Crippen LogP contribution in [0.4, 0.5) is 0 Å². The zero-order valence-corrected chi connectivity index (χ0v) is 15.4. The van der Waals surface area contributed by atoms with Crippen LogP contribution in [-0.2, 0) is 13.3 Å². The van der Waals surface area contributed by atoms with Crippen LogP contribution in [0.1, 0.15) is 54.9 Å². The summed E-state index contributed by atoms with van der Waals surface area (Å²) in [5.74, 6) is 0.381. The molecule has 0 aliphatic rings. The van der Waals surface area contributed by atoms with Crippen LogP contribution in [0, 0.1) is 5.92 Å². The van der Waals surface area contributed by atoms with Crippen molar-refractivity contribution in [3.63, 3.8) is 0 Å². The van der Waals surface area contributed by atoms with E-state index in [1.807, 2.05) is 20.8 Å². The third-order valence-electron chi connectivity index (χ3n) is 3.12. The summed E-state index contributed by atoms with van der Waals surface area (Å²) in [5, 5.41) is 0. The Kier molecular flexibility index (Phi) is 10.4. The topological polar surface area (TPSA) is 40.0 Å². The summed E-state index contributed by atoms with van der Waals surface area (Å²) in [6.07, 6.45) is 1.05. The van der Waals surface area contributed by atoms with Crippen LogP contribution in [-0.4, -0.2) is 40.9 Å². The quantitative estimate of drug-likeness (QED) is 0.429. The molecule has 0 saturated carbocycles. The van der Waals surface area contributed by atoms with Crippen molar-refractivity contribution in [2.45, 2.75) is 60.4 Å². The van der Waals surface area contributed by atoms with Crippen LogP contribution < -0.4 is 0 Å². The maximum absolute atomic E-state index is 6.05. The second-order valence-corrected chi connectivity index (χ2v) is 7.84. The molecule has 0 aliphatic carbocycles. The van der Waals surface area contributed by atoms with Crippen molar-refractivity contribution in [2.75, 3.05) is 26.4 Å². The smallest absolute Gasteiger partial charge is 0.373 e. The average molecular weight is 304 g/mol. The molecular weight excluding hydrogens is 270 g/mol. The summed E-state index contributed by atoms with van der Waals surface area (Å²) in [4.78, 5) is 4.69. The maximum Gasteiger partial charge on any atom is 0.510 e. The van der Waals surface area contributed by atoms with Gasteiger partial charge in [-0.3, -0.25) is 4.99 Å². The normalized spacial score (nSPS) is 14.9. The summed E-state index contributed by atoms with van der Waals surface area (Å²) in [5.41, 5.74) is 1.23. The van der Waals surface area contributed by atoms with Crippen molar-refractivity contribution in [3.05, 3.63) is 0 Å². The molecular formula is C15H33NO3Si. The zero-order chi connectivity index (χ0) is 15.6. The molecule has 0 N–H and O–H groups in total. The van der Waals surface area contributed by atoms with Gasteiger partial charge in [-0.25, -0.2) is 0 Å². The molecule has 0 aromatic heterocycles. The standard InChI is InChI=1S/C15H33NO3Si/c1-8-12-16-14(7)15(13(5)6)20(17-9-2,18-10-3)19-11-4/h13,15H,8-12H2,1-7H3. The molecule has 0 rings (SSSR count). The van der Waals surface area contributed by atoms with Gasteiger partial charge in [0.05, 0.1) is 5.54 Å². The van der Waals surface area contributed by atoms with E-state index in [1.54, 1.807) is 0 Å². The van der Waals surface area contributed by atoms with Crippen molar-refractivity contribution in [1.82, 2.24) is 0 Å². The SMILES string of the molecule is CCCN=C(C)C(C(C)C)[Si](OCC)(OCC)OCC. The van der Waals surface area contributed by atoms with Crippen LogP contribution in [0.25, 0.3) is 0 Å². The number of hydrogen-bond donors (Lipinski definition) is 0. The lowest BCUT2D eigenvalue weighted by Crippen LogP contribution is -2.54. The van der Waals surface area contributed by atoms with E-state index in [1.165, 1.54) is 0 Å². The zero-order valence-electron chi connectivity index (χ0n) is 14.4. The number of nitrogens with zero attached hydrogens (tertiary/aromatic N) is 1. The van der Waals surface area contributed by atoms with Crippen molar-refractivity contribution in [3.8, 4) is 0 Å². The molecule has 120 valence electrons. The Hall–Kier alpha value is -0.233. The highest BCUT2D eigenvalue weighted by Gasteiger charge is 2.51. The van der Waals surface area contributed by atoms with E-state index in [-0.39, 0.29) is 5.54 Å². The molecule has 20 heavy (non-hydrogen) atoms. The summed E-state index contributed by atoms with van der Waals surface area (Å²) in [6, 6.07) is 0. The predicted octanol–water partition coefficient (Wildman–Crippen LogP) is 3.93. The number of aliphatic imine (C=N–C) groups is 1. The molecule has 0 heterocycles. The van der Waals surface area contributed by atoms with E-state index in [0.29, 0.717) is 25.7 Å². The van der Waals surface area contributed by atoms with E-state index in [9.17, 15) is 0 Å². The van der Waals surface area contributed by atoms with Crippen LogP contribution in [0.15, 0.2) is 4.99 Å². The number of hydrogen-bond acceptors (Lipinski definition) is 4. The van der Waals surface area contributed by atoms with Gasteiger partial charge in [-0.05, 0) is 40.0 Å². The first kappa shape index (κ1) is 19.8. The van der Waals surface area contributed by atoms with Gasteiger partial charge in [0.1, 0.15) is 0 Å². The largest absolute Gasteiger partial charge is 0.510 e. The molecule has 0 radical (unpaired) electrons. The first-order chi connectivity index (χ1) is 9.48. The highest BCUT2D eigenvalue weighted by molar-refractivity contribution is 6.66. The fourth-order valence-corrected chi connectivity index (χ4v) is 5.95. The molecule has 0 fully saturated rings. The minimum Gasteiger partial charge on any atom is -0.373 e. The highest BCUT2D eigenvalue weighted by atomic mass is 28.4. The van der Waals surface area contributed by atoms with Gasteiger partial charge >= 0.3 is 8.80 Å². The summed E-state index contributed by atoms with van der Waals surface area (Å²) >= 11 is 0. The molecule has 0 aromatic rings. The third-order valence-corrected chi connectivity index (χ3v) is 7.04. The molecule has 0 spiro atoms. The molecule has 0 aromatic carbocycles. The van der Waals surface area contributed by atoms with Crippen LogP contribution in [0.3, 0.4) is 0 Å². The van der Waals surface area contributed by atoms with Gasteiger partial charge in [-0.15, -0.1) is 0 Å². The van der Waals surface area contributed by atoms with Crippen LogP contribution >= 0.6 is 0 Å². The lowest BCUT2D eigenvalue weighted by molar-refractivity contribution is 0.0628. The molecule has 0 bridgehead atoms. The van der Waals surface area contributed by atoms with Crippen molar-refractivity contribution >= 4 is 14.5 Å². The molecule has 0 amide bonds. The Balaban J connectivity index is 5.48. The van der Waals surface area contributed by atoms with Gasteiger partial charge in [-0.1, -0.05) is 20.8 Å². The van der Waals surface area contributed by atoms with Gasteiger partial charge in [0.15, 0.2) is 0 Å². The first-order valence-corrected chi connectivity index (χ1v) is 9.71. The molecule has 1 atom stereocenters. The Bertz CT molecular complexity index is 265. The van der Waals surface area contributed by atoms with E-state index in [4.69, 9.17) is 13.3 Å². The maximum atomic E-state index is 6.05. The fourth-order valence-electron chi connectivity index (χ4n) is 2.53. The van der Waals surface area contributed by atoms with Crippen LogP contribution in [0.5, 0.6) is 0 Å². The van der Waals surface area contributed by atoms with Crippen LogP contribution in [0.2, 0.25) is 5.54 Å². The van der Waals surface area contributed by atoms with E-state index >= 15 is 0 Å². The van der Waals surface area contributed by atoms with Gasteiger partial charge < -0.3 is 13.3 Å². The fraction of sp³-hybridized carbons (Fsp3) is 0.933.